The van der Waals surface area contributed by atoms with Crippen molar-refractivity contribution in [2.75, 3.05) is 5.32 Å². The van der Waals surface area contributed by atoms with Crippen LogP contribution in [0.15, 0.2) is 12.1 Å². The summed E-state index contributed by atoms with van der Waals surface area (Å²) in [6.07, 6.45) is 1.11. The number of pyridine rings is 1. The summed E-state index contributed by atoms with van der Waals surface area (Å²) in [5.74, 6) is 1.08. The Hall–Kier alpha value is -1.05. The van der Waals surface area contributed by atoms with Gasteiger partial charge < -0.3 is 5.32 Å². The first-order valence-corrected chi connectivity index (χ1v) is 3.99. The second kappa shape index (κ2) is 2.22. The molecule has 0 aliphatic carbocycles. The zero-order valence-corrected chi connectivity index (χ0v) is 6.89. The Bertz CT molecular complexity index is 286. The number of hydrogen-bond donors (Lipinski definition) is 1. The number of fused-ring (bicyclic) bond motifs is 1. The summed E-state index contributed by atoms with van der Waals surface area (Å²) in [5.41, 5.74) is 2.44. The Balaban J connectivity index is 0.000000720. The highest BCUT2D eigenvalue weighted by Crippen LogP contribution is 2.22. The molecule has 1 aliphatic heterocycles. The molecular weight excluding hydrogens is 136 g/mol. The fraction of sp³-hybridized carbons (Fsp3) is 0.444. The maximum atomic E-state index is 4.39. The van der Waals surface area contributed by atoms with Crippen LogP contribution >= 0.6 is 0 Å². The van der Waals surface area contributed by atoms with E-state index in [9.17, 15) is 0 Å². The molecule has 2 nitrogen and oxygen atoms in total. The molecule has 1 N–H and O–H groups in total. The first-order valence-electron chi connectivity index (χ1n) is 3.99. The van der Waals surface area contributed by atoms with Crippen molar-refractivity contribution in [1.29, 1.82) is 0 Å². The van der Waals surface area contributed by atoms with Gasteiger partial charge in [0.2, 0.25) is 0 Å². The van der Waals surface area contributed by atoms with E-state index in [1.807, 2.05) is 6.92 Å². The Morgan fingerprint density at radius 3 is 3.27 bits per heavy atom. The van der Waals surface area contributed by atoms with Crippen LogP contribution in [0.4, 0.5) is 5.82 Å². The largest absolute Gasteiger partial charge is 0.367 e. The molecule has 0 saturated heterocycles. The van der Waals surface area contributed by atoms with Gasteiger partial charge in [-0.25, -0.2) is 4.98 Å². The molecule has 0 bridgehead atoms. The zero-order valence-electron chi connectivity index (χ0n) is 6.89. The second-order valence-electron chi connectivity index (χ2n) is 3.21. The molecule has 1 atom stereocenters. The minimum atomic E-state index is 0. The summed E-state index contributed by atoms with van der Waals surface area (Å²) in [4.78, 5) is 4.39. The summed E-state index contributed by atoms with van der Waals surface area (Å²) in [7, 11) is 0. The Morgan fingerprint density at radius 1 is 1.64 bits per heavy atom. The van der Waals surface area contributed by atoms with Crippen molar-refractivity contribution in [2.45, 2.75) is 26.3 Å². The van der Waals surface area contributed by atoms with E-state index in [2.05, 4.69) is 29.4 Å². The lowest BCUT2D eigenvalue weighted by molar-refractivity contribution is 0.838. The standard InChI is InChI=1S/C9H12N2.H2/c1-6-3-4-8-5-7(2)11-9(8)10-6;/h3-4,7H,5H2,1-2H3,(H,10,11);1H. The first-order chi connectivity index (χ1) is 5.25. The maximum absolute atomic E-state index is 4.39. The van der Waals surface area contributed by atoms with Crippen molar-refractivity contribution >= 4 is 5.82 Å². The highest BCUT2D eigenvalue weighted by atomic mass is 15.0. The van der Waals surface area contributed by atoms with Gasteiger partial charge in [0.1, 0.15) is 5.82 Å². The second-order valence-corrected chi connectivity index (χ2v) is 3.21. The molecule has 0 amide bonds. The van der Waals surface area contributed by atoms with Crippen molar-refractivity contribution in [3.05, 3.63) is 23.4 Å². The first kappa shape index (κ1) is 6.65. The number of aromatic nitrogens is 1. The van der Waals surface area contributed by atoms with E-state index in [-0.39, 0.29) is 1.43 Å². The number of rotatable bonds is 0. The summed E-state index contributed by atoms with van der Waals surface area (Å²) in [6.45, 7) is 4.20. The SMILES string of the molecule is Cc1ccc2c(n1)NC(C)C2.[HH]. The number of nitrogens with zero attached hydrogens (tertiary/aromatic N) is 1. The molecule has 1 unspecified atom stereocenters. The van der Waals surface area contributed by atoms with Crippen LogP contribution < -0.4 is 5.32 Å². The molecule has 1 aromatic rings. The Labute approximate surface area is 68.1 Å². The van der Waals surface area contributed by atoms with Gasteiger partial charge in [-0.15, -0.1) is 0 Å². The summed E-state index contributed by atoms with van der Waals surface area (Å²) in [6, 6.07) is 4.78. The molecule has 60 valence electrons. The maximum Gasteiger partial charge on any atom is 0.129 e. The number of aryl methyl sites for hydroxylation is 1. The molecule has 0 saturated carbocycles. The third-order valence-electron chi connectivity index (χ3n) is 2.03. The lowest BCUT2D eigenvalue weighted by Crippen LogP contribution is -2.09. The van der Waals surface area contributed by atoms with Crippen LogP contribution in [-0.2, 0) is 6.42 Å². The minimum absolute atomic E-state index is 0. The predicted molar refractivity (Wildman–Crippen MR) is 47.9 cm³/mol. The smallest absolute Gasteiger partial charge is 0.129 e. The van der Waals surface area contributed by atoms with E-state index >= 15 is 0 Å². The highest BCUT2D eigenvalue weighted by Gasteiger charge is 2.16. The van der Waals surface area contributed by atoms with Crippen LogP contribution in [0.5, 0.6) is 0 Å². The van der Waals surface area contributed by atoms with E-state index in [1.54, 1.807) is 0 Å². The van der Waals surface area contributed by atoms with Crippen LogP contribution in [-0.4, -0.2) is 11.0 Å². The van der Waals surface area contributed by atoms with Crippen LogP contribution in [0, 0.1) is 6.92 Å². The quantitative estimate of drug-likeness (QED) is 0.611. The number of anilines is 1. The van der Waals surface area contributed by atoms with E-state index in [1.165, 1.54) is 5.56 Å². The number of nitrogens with one attached hydrogen (secondary N) is 1. The van der Waals surface area contributed by atoms with Crippen molar-refractivity contribution < 1.29 is 1.43 Å². The van der Waals surface area contributed by atoms with Crippen molar-refractivity contribution in [2.24, 2.45) is 0 Å². The van der Waals surface area contributed by atoms with Crippen molar-refractivity contribution in [3.8, 4) is 0 Å². The summed E-state index contributed by atoms with van der Waals surface area (Å²) >= 11 is 0. The van der Waals surface area contributed by atoms with Crippen LogP contribution in [0.25, 0.3) is 0 Å². The third-order valence-corrected chi connectivity index (χ3v) is 2.03. The van der Waals surface area contributed by atoms with Crippen molar-refractivity contribution in [1.82, 2.24) is 4.98 Å². The van der Waals surface area contributed by atoms with Gasteiger partial charge in [0.15, 0.2) is 0 Å². The third kappa shape index (κ3) is 1.09. The summed E-state index contributed by atoms with van der Waals surface area (Å²) in [5, 5.41) is 3.33. The van der Waals surface area contributed by atoms with Gasteiger partial charge in [-0.1, -0.05) is 6.07 Å². The fourth-order valence-electron chi connectivity index (χ4n) is 1.49. The van der Waals surface area contributed by atoms with Crippen molar-refractivity contribution in [3.63, 3.8) is 0 Å². The van der Waals surface area contributed by atoms with Gasteiger partial charge in [-0.2, -0.15) is 0 Å². The van der Waals surface area contributed by atoms with Gasteiger partial charge in [-0.05, 0) is 31.9 Å². The lowest BCUT2D eigenvalue weighted by Gasteiger charge is -2.00. The number of hydrogen-bond acceptors (Lipinski definition) is 2. The fourth-order valence-corrected chi connectivity index (χ4v) is 1.49. The molecule has 0 radical (unpaired) electrons. The summed E-state index contributed by atoms with van der Waals surface area (Å²) < 4.78 is 0. The highest BCUT2D eigenvalue weighted by molar-refractivity contribution is 5.50. The molecule has 2 heteroatoms. The average molecular weight is 150 g/mol. The van der Waals surface area contributed by atoms with Gasteiger partial charge in [0, 0.05) is 13.2 Å². The van der Waals surface area contributed by atoms with E-state index in [4.69, 9.17) is 0 Å². The van der Waals surface area contributed by atoms with Gasteiger partial charge in [0.25, 0.3) is 0 Å². The zero-order chi connectivity index (χ0) is 7.84. The van der Waals surface area contributed by atoms with E-state index < -0.39 is 0 Å². The molecular formula is C9H14N2. The van der Waals surface area contributed by atoms with Crippen LogP contribution in [0.3, 0.4) is 0 Å². The van der Waals surface area contributed by atoms with Gasteiger partial charge >= 0.3 is 0 Å². The molecule has 1 aromatic heterocycles. The molecule has 0 fully saturated rings. The Morgan fingerprint density at radius 2 is 2.45 bits per heavy atom. The normalized spacial score (nSPS) is 21.1. The van der Waals surface area contributed by atoms with Gasteiger partial charge in [-0.3, -0.25) is 0 Å². The molecule has 1 aliphatic rings. The molecule has 2 rings (SSSR count). The molecule has 2 heterocycles. The van der Waals surface area contributed by atoms with Crippen LogP contribution in [0.1, 0.15) is 19.6 Å². The molecule has 11 heavy (non-hydrogen) atoms. The topological polar surface area (TPSA) is 24.9 Å². The van der Waals surface area contributed by atoms with Gasteiger partial charge in [0.05, 0.1) is 0 Å². The Kier molecular flexibility index (Phi) is 1.34. The van der Waals surface area contributed by atoms with E-state index in [0.717, 1.165) is 17.9 Å². The monoisotopic (exact) mass is 150 g/mol. The van der Waals surface area contributed by atoms with E-state index in [0.29, 0.717) is 6.04 Å². The lowest BCUT2D eigenvalue weighted by atomic mass is 10.1. The van der Waals surface area contributed by atoms with Crippen LogP contribution in [0.2, 0.25) is 0 Å². The predicted octanol–water partition coefficient (Wildman–Crippen LogP) is 1.99. The minimum Gasteiger partial charge on any atom is -0.367 e. The average Bonchev–Trinajstić information content (AvgIpc) is 2.27. The molecule has 0 aromatic carbocycles. The molecule has 0 spiro atoms.